The van der Waals surface area contributed by atoms with Gasteiger partial charge in [-0.3, -0.25) is 4.79 Å². The van der Waals surface area contributed by atoms with E-state index in [-0.39, 0.29) is 5.12 Å². The normalized spacial score (nSPS) is 20.0. The van der Waals surface area contributed by atoms with Gasteiger partial charge in [-0.1, -0.05) is 32.1 Å². The van der Waals surface area contributed by atoms with Gasteiger partial charge in [0.2, 0.25) is 5.12 Å². The lowest BCUT2D eigenvalue weighted by Crippen LogP contribution is -2.06. The molecule has 11 heavy (non-hydrogen) atoms. The molecule has 0 heterocycles. The molecule has 0 N–H and O–H groups in total. The number of carbonyl (C=O) groups excluding carboxylic acids is 1. The topological polar surface area (TPSA) is 17.1 Å². The van der Waals surface area contributed by atoms with E-state index in [0.29, 0.717) is 6.42 Å². The molecule has 1 saturated carbocycles. The van der Waals surface area contributed by atoms with E-state index in [1.807, 2.05) is 0 Å². The Hall–Kier alpha value is -0.110. The Kier molecular flexibility index (Phi) is 3.84. The van der Waals surface area contributed by atoms with Crippen LogP contribution in [0.15, 0.2) is 0 Å². The van der Waals surface area contributed by atoms with Crippen LogP contribution in [-0.2, 0) is 4.79 Å². The second-order valence-corrected chi connectivity index (χ2v) is 3.87. The lowest BCUT2D eigenvalue weighted by atomic mass is 9.86. The zero-order valence-electron chi connectivity index (χ0n) is 6.84. The van der Waals surface area contributed by atoms with Gasteiger partial charge in [-0.05, 0) is 25.0 Å². The number of rotatable bonds is 3. The molecule has 0 atom stereocenters. The summed E-state index contributed by atoms with van der Waals surface area (Å²) in [6.45, 7) is 0. The van der Waals surface area contributed by atoms with Crippen molar-refractivity contribution in [2.45, 2.75) is 44.9 Å². The maximum atomic E-state index is 10.5. The molecule has 0 spiro atoms. The van der Waals surface area contributed by atoms with E-state index in [1.165, 1.54) is 32.1 Å². The van der Waals surface area contributed by atoms with E-state index in [0.717, 1.165) is 12.3 Å². The van der Waals surface area contributed by atoms with E-state index in [9.17, 15) is 4.79 Å². The minimum Gasteiger partial charge on any atom is -0.282 e. The first-order valence-electron chi connectivity index (χ1n) is 4.49. The van der Waals surface area contributed by atoms with Crippen LogP contribution in [0.4, 0.5) is 0 Å². The molecule has 63 valence electrons. The first-order chi connectivity index (χ1) is 5.29. The fourth-order valence-corrected chi connectivity index (χ4v) is 1.92. The molecule has 2 heteroatoms. The molecule has 0 amide bonds. The van der Waals surface area contributed by atoms with E-state index in [4.69, 9.17) is 0 Å². The summed E-state index contributed by atoms with van der Waals surface area (Å²) in [5, 5.41) is -0.0597. The van der Waals surface area contributed by atoms with Gasteiger partial charge < -0.3 is 0 Å². The fourth-order valence-electron chi connectivity index (χ4n) is 1.80. The van der Waals surface area contributed by atoms with Crippen molar-refractivity contribution in [3.63, 3.8) is 0 Å². The van der Waals surface area contributed by atoms with E-state index in [2.05, 4.69) is 12.6 Å². The van der Waals surface area contributed by atoms with E-state index in [1.54, 1.807) is 0 Å². The van der Waals surface area contributed by atoms with Crippen LogP contribution in [0.3, 0.4) is 0 Å². The van der Waals surface area contributed by atoms with Gasteiger partial charge >= 0.3 is 0 Å². The highest BCUT2D eigenvalue weighted by Crippen LogP contribution is 2.27. The van der Waals surface area contributed by atoms with E-state index >= 15 is 0 Å². The van der Waals surface area contributed by atoms with Gasteiger partial charge in [0.1, 0.15) is 0 Å². The summed E-state index contributed by atoms with van der Waals surface area (Å²) in [5.74, 6) is 0.802. The Bertz CT molecular complexity index is 128. The molecule has 0 saturated heterocycles. The van der Waals surface area contributed by atoms with Gasteiger partial charge in [0, 0.05) is 6.42 Å². The summed E-state index contributed by atoms with van der Waals surface area (Å²) in [4.78, 5) is 10.5. The van der Waals surface area contributed by atoms with Crippen molar-refractivity contribution >= 4 is 17.7 Å². The summed E-state index contributed by atoms with van der Waals surface area (Å²) < 4.78 is 0. The van der Waals surface area contributed by atoms with Crippen molar-refractivity contribution in [2.24, 2.45) is 5.92 Å². The minimum atomic E-state index is -0.0597. The predicted molar refractivity (Wildman–Crippen MR) is 48.4 cm³/mol. The maximum Gasteiger partial charge on any atom is 0.218 e. The SMILES string of the molecule is O=C([S])CCC1CCCCC1. The highest BCUT2D eigenvalue weighted by atomic mass is 32.1. The second kappa shape index (κ2) is 4.70. The Balaban J connectivity index is 2.09. The van der Waals surface area contributed by atoms with Crippen molar-refractivity contribution in [1.29, 1.82) is 0 Å². The van der Waals surface area contributed by atoms with Crippen molar-refractivity contribution in [3.05, 3.63) is 0 Å². The third kappa shape index (κ3) is 3.71. The van der Waals surface area contributed by atoms with Gasteiger partial charge in [-0.2, -0.15) is 0 Å². The third-order valence-corrected chi connectivity index (χ3v) is 2.69. The Morgan fingerprint density at radius 1 is 1.27 bits per heavy atom. The molecule has 0 aromatic rings. The van der Waals surface area contributed by atoms with Crippen molar-refractivity contribution in [1.82, 2.24) is 0 Å². The lowest BCUT2D eigenvalue weighted by molar-refractivity contribution is -0.111. The summed E-state index contributed by atoms with van der Waals surface area (Å²) >= 11 is 4.51. The van der Waals surface area contributed by atoms with Crippen LogP contribution < -0.4 is 0 Å². The van der Waals surface area contributed by atoms with Gasteiger partial charge in [-0.15, -0.1) is 0 Å². The highest BCUT2D eigenvalue weighted by Gasteiger charge is 2.13. The molecule has 1 fully saturated rings. The fraction of sp³-hybridized carbons (Fsp3) is 0.889. The van der Waals surface area contributed by atoms with Crippen molar-refractivity contribution in [3.8, 4) is 0 Å². The number of carbonyl (C=O) groups is 1. The third-order valence-electron chi connectivity index (χ3n) is 2.48. The lowest BCUT2D eigenvalue weighted by Gasteiger charge is -2.20. The zero-order valence-corrected chi connectivity index (χ0v) is 7.66. The Labute approximate surface area is 74.0 Å². The Morgan fingerprint density at radius 3 is 2.45 bits per heavy atom. The van der Waals surface area contributed by atoms with Crippen molar-refractivity contribution < 1.29 is 4.79 Å². The summed E-state index contributed by atoms with van der Waals surface area (Å²) in [6, 6.07) is 0. The maximum absolute atomic E-state index is 10.5. The Morgan fingerprint density at radius 2 is 1.91 bits per heavy atom. The van der Waals surface area contributed by atoms with E-state index < -0.39 is 0 Å². The smallest absolute Gasteiger partial charge is 0.218 e. The molecule has 0 aromatic heterocycles. The molecule has 0 aliphatic heterocycles. The second-order valence-electron chi connectivity index (χ2n) is 3.41. The standard InChI is InChI=1S/C9H15OS/c10-9(11)7-6-8-4-2-1-3-5-8/h8H,1-7H2. The van der Waals surface area contributed by atoms with Crippen LogP contribution in [0.1, 0.15) is 44.9 Å². The number of hydrogen-bond acceptors (Lipinski definition) is 1. The monoisotopic (exact) mass is 171 g/mol. The summed E-state index contributed by atoms with van der Waals surface area (Å²) in [5.41, 5.74) is 0. The minimum absolute atomic E-state index is 0.0597. The first-order valence-corrected chi connectivity index (χ1v) is 4.89. The molecule has 1 aliphatic rings. The quantitative estimate of drug-likeness (QED) is 0.637. The van der Waals surface area contributed by atoms with Gasteiger partial charge in [-0.25, -0.2) is 0 Å². The molecule has 1 rings (SSSR count). The van der Waals surface area contributed by atoms with Crippen LogP contribution in [0.5, 0.6) is 0 Å². The van der Waals surface area contributed by atoms with Gasteiger partial charge in [0.15, 0.2) is 0 Å². The molecular weight excluding hydrogens is 156 g/mol. The van der Waals surface area contributed by atoms with Gasteiger partial charge in [0.25, 0.3) is 0 Å². The molecule has 0 aromatic carbocycles. The summed E-state index contributed by atoms with van der Waals surface area (Å²) in [6.07, 6.45) is 8.42. The van der Waals surface area contributed by atoms with Gasteiger partial charge in [0.05, 0.1) is 0 Å². The van der Waals surface area contributed by atoms with Crippen LogP contribution >= 0.6 is 12.6 Å². The number of hydrogen-bond donors (Lipinski definition) is 0. The molecule has 0 unspecified atom stereocenters. The predicted octanol–water partition coefficient (Wildman–Crippen LogP) is 3.07. The van der Waals surface area contributed by atoms with Crippen LogP contribution in [0, 0.1) is 5.92 Å². The molecule has 1 radical (unpaired) electrons. The largest absolute Gasteiger partial charge is 0.282 e. The molecular formula is C9H15OS. The molecule has 1 aliphatic carbocycles. The average Bonchev–Trinajstić information content (AvgIpc) is 2.03. The van der Waals surface area contributed by atoms with Crippen LogP contribution in [0.25, 0.3) is 0 Å². The zero-order chi connectivity index (χ0) is 8.10. The average molecular weight is 171 g/mol. The van der Waals surface area contributed by atoms with Crippen LogP contribution in [-0.4, -0.2) is 5.12 Å². The van der Waals surface area contributed by atoms with Crippen molar-refractivity contribution in [2.75, 3.05) is 0 Å². The van der Waals surface area contributed by atoms with Crippen LogP contribution in [0.2, 0.25) is 0 Å². The summed E-state index contributed by atoms with van der Waals surface area (Å²) in [7, 11) is 0. The molecule has 1 nitrogen and oxygen atoms in total. The first kappa shape index (κ1) is 8.98. The molecule has 0 bridgehead atoms. The highest BCUT2D eigenvalue weighted by molar-refractivity contribution is 7.96.